The number of rotatable bonds is 4. The average Bonchev–Trinajstić information content (AvgIpc) is 2.74. The van der Waals surface area contributed by atoms with Crippen LogP contribution in [0.15, 0.2) is 88.8 Å². The van der Waals surface area contributed by atoms with Crippen LogP contribution in [0.4, 0.5) is 4.79 Å². The molecule has 1 aliphatic rings. The lowest BCUT2D eigenvalue weighted by molar-refractivity contribution is 0.243. The molecular formula is C22H18N2O5S. The van der Waals surface area contributed by atoms with Crippen molar-refractivity contribution in [1.82, 2.24) is 5.32 Å². The third-order valence-electron chi connectivity index (χ3n) is 4.98. The summed E-state index contributed by atoms with van der Waals surface area (Å²) in [5, 5.41) is 12.7. The Labute approximate surface area is 173 Å². The largest absolute Gasteiger partial charge is 0.506 e. The summed E-state index contributed by atoms with van der Waals surface area (Å²) in [6.07, 6.45) is 0. The van der Waals surface area contributed by atoms with E-state index in [0.717, 1.165) is 11.1 Å². The summed E-state index contributed by atoms with van der Waals surface area (Å²) in [5.41, 5.74) is 2.58. The van der Waals surface area contributed by atoms with Crippen LogP contribution >= 0.6 is 0 Å². The van der Waals surface area contributed by atoms with Crippen LogP contribution in [0.3, 0.4) is 0 Å². The van der Waals surface area contributed by atoms with Crippen LogP contribution < -0.4 is 5.32 Å². The highest BCUT2D eigenvalue weighted by molar-refractivity contribution is 7.86. The highest BCUT2D eigenvalue weighted by Gasteiger charge is 2.36. The van der Waals surface area contributed by atoms with Gasteiger partial charge in [0.15, 0.2) is 0 Å². The van der Waals surface area contributed by atoms with Gasteiger partial charge in [-0.05, 0) is 28.8 Å². The minimum atomic E-state index is -4.65. The molecule has 152 valence electrons. The molecule has 4 rings (SSSR count). The molecule has 0 bridgehead atoms. The minimum absolute atomic E-state index is 0.408. The van der Waals surface area contributed by atoms with E-state index in [1.807, 2.05) is 60.7 Å². The molecule has 1 aliphatic heterocycles. The maximum absolute atomic E-state index is 12.4. The monoisotopic (exact) mass is 422 g/mol. The third kappa shape index (κ3) is 3.83. The van der Waals surface area contributed by atoms with Crippen LogP contribution in [-0.4, -0.2) is 29.8 Å². The lowest BCUT2D eigenvalue weighted by atomic mass is 9.80. The second kappa shape index (κ2) is 7.74. The smallest absolute Gasteiger partial charge is 0.341 e. The SMILES string of the molecule is O=C1N=C(c2ccccc2)C(c2ccccc2)C(c2ccc(O)c(S(=O)(=O)O)c2)N1. The molecule has 0 fully saturated rings. The van der Waals surface area contributed by atoms with Crippen molar-refractivity contribution in [3.63, 3.8) is 0 Å². The van der Waals surface area contributed by atoms with E-state index in [0.29, 0.717) is 11.3 Å². The summed E-state index contributed by atoms with van der Waals surface area (Å²) in [6.45, 7) is 0. The van der Waals surface area contributed by atoms with E-state index < -0.39 is 38.8 Å². The number of carbonyl (C=O) groups is 1. The first-order chi connectivity index (χ1) is 14.3. The van der Waals surface area contributed by atoms with Gasteiger partial charge in [-0.15, -0.1) is 0 Å². The van der Waals surface area contributed by atoms with Gasteiger partial charge >= 0.3 is 6.03 Å². The topological polar surface area (TPSA) is 116 Å². The molecule has 0 saturated heterocycles. The molecule has 0 aliphatic carbocycles. The Balaban J connectivity index is 1.91. The van der Waals surface area contributed by atoms with E-state index in [-0.39, 0.29) is 0 Å². The molecule has 2 unspecified atom stereocenters. The first kappa shape index (κ1) is 19.8. The maximum Gasteiger partial charge on any atom is 0.341 e. The highest BCUT2D eigenvalue weighted by atomic mass is 32.2. The van der Waals surface area contributed by atoms with Crippen molar-refractivity contribution in [3.8, 4) is 5.75 Å². The van der Waals surface area contributed by atoms with Gasteiger partial charge in [-0.25, -0.2) is 4.79 Å². The fourth-order valence-electron chi connectivity index (χ4n) is 3.66. The predicted octanol–water partition coefficient (Wildman–Crippen LogP) is 3.68. The maximum atomic E-state index is 12.4. The number of nitrogens with zero attached hydrogens (tertiary/aromatic N) is 1. The number of amides is 2. The fourth-order valence-corrected chi connectivity index (χ4v) is 4.27. The van der Waals surface area contributed by atoms with Crippen LogP contribution in [0.1, 0.15) is 28.7 Å². The van der Waals surface area contributed by atoms with Crippen molar-refractivity contribution < 1.29 is 22.9 Å². The molecule has 2 amide bonds. The number of carbonyl (C=O) groups excluding carboxylic acids is 1. The van der Waals surface area contributed by atoms with Crippen molar-refractivity contribution in [2.24, 2.45) is 4.99 Å². The summed E-state index contributed by atoms with van der Waals surface area (Å²) in [5.74, 6) is -0.998. The first-order valence-corrected chi connectivity index (χ1v) is 10.6. The van der Waals surface area contributed by atoms with Crippen LogP contribution in [0.5, 0.6) is 5.75 Å². The van der Waals surface area contributed by atoms with Gasteiger partial charge in [-0.3, -0.25) is 4.55 Å². The zero-order valence-electron chi connectivity index (χ0n) is 15.6. The van der Waals surface area contributed by atoms with Gasteiger partial charge in [0, 0.05) is 0 Å². The Morgan fingerprint density at radius 1 is 0.867 bits per heavy atom. The molecule has 7 nitrogen and oxygen atoms in total. The van der Waals surface area contributed by atoms with Gasteiger partial charge in [0.2, 0.25) is 0 Å². The summed E-state index contributed by atoms with van der Waals surface area (Å²) in [7, 11) is -4.65. The molecule has 8 heteroatoms. The number of nitrogens with one attached hydrogen (secondary N) is 1. The first-order valence-electron chi connectivity index (χ1n) is 9.14. The molecule has 0 radical (unpaired) electrons. The van der Waals surface area contributed by atoms with Gasteiger partial charge in [-0.1, -0.05) is 66.7 Å². The molecule has 1 heterocycles. The van der Waals surface area contributed by atoms with Crippen LogP contribution in [0.25, 0.3) is 0 Å². The predicted molar refractivity (Wildman–Crippen MR) is 111 cm³/mol. The molecule has 2 atom stereocenters. The van der Waals surface area contributed by atoms with Gasteiger partial charge in [0.25, 0.3) is 10.1 Å². The zero-order chi connectivity index (χ0) is 21.3. The number of phenolic OH excluding ortho intramolecular Hbond substituents is 1. The molecule has 0 spiro atoms. The van der Waals surface area contributed by atoms with Gasteiger partial charge in [-0.2, -0.15) is 13.4 Å². The summed E-state index contributed by atoms with van der Waals surface area (Å²) in [4.78, 5) is 16.0. The number of hydrogen-bond donors (Lipinski definition) is 3. The van der Waals surface area contributed by atoms with Crippen molar-refractivity contribution in [1.29, 1.82) is 0 Å². The molecule has 0 saturated carbocycles. The quantitative estimate of drug-likeness (QED) is 0.555. The molecule has 0 aromatic heterocycles. The van der Waals surface area contributed by atoms with Crippen molar-refractivity contribution in [2.75, 3.05) is 0 Å². The van der Waals surface area contributed by atoms with Crippen molar-refractivity contribution in [2.45, 2.75) is 16.9 Å². The number of aromatic hydroxyl groups is 1. The molecule has 30 heavy (non-hydrogen) atoms. The zero-order valence-corrected chi connectivity index (χ0v) is 16.5. The van der Waals surface area contributed by atoms with E-state index in [1.165, 1.54) is 18.2 Å². The van der Waals surface area contributed by atoms with E-state index in [2.05, 4.69) is 10.3 Å². The summed E-state index contributed by atoms with van der Waals surface area (Å²) >= 11 is 0. The van der Waals surface area contributed by atoms with E-state index in [9.17, 15) is 22.9 Å². The minimum Gasteiger partial charge on any atom is -0.506 e. The average molecular weight is 422 g/mol. The Kier molecular flexibility index (Phi) is 5.11. The standard InChI is InChI=1S/C22H18N2O5S/c25-17-12-11-16(13-18(17)30(27,28)29)21-19(14-7-3-1-4-8-14)20(23-22(26)24-21)15-9-5-2-6-10-15/h1-13,19,21,25H,(H,24,26)(H,27,28,29). The van der Waals surface area contributed by atoms with Crippen LogP contribution in [-0.2, 0) is 10.1 Å². The van der Waals surface area contributed by atoms with Crippen molar-refractivity contribution in [3.05, 3.63) is 95.6 Å². The van der Waals surface area contributed by atoms with E-state index in [4.69, 9.17) is 0 Å². The lowest BCUT2D eigenvalue weighted by Gasteiger charge is -2.33. The van der Waals surface area contributed by atoms with Crippen LogP contribution in [0.2, 0.25) is 0 Å². The molecule has 3 N–H and O–H groups in total. The lowest BCUT2D eigenvalue weighted by Crippen LogP contribution is -2.40. The Bertz CT molecular complexity index is 1220. The van der Waals surface area contributed by atoms with Gasteiger partial charge in [0.05, 0.1) is 17.7 Å². The normalized spacial score (nSPS) is 19.1. The molecular weight excluding hydrogens is 404 g/mol. The second-order valence-electron chi connectivity index (χ2n) is 6.88. The van der Waals surface area contributed by atoms with Gasteiger partial charge < -0.3 is 10.4 Å². The highest BCUT2D eigenvalue weighted by Crippen LogP contribution is 2.38. The van der Waals surface area contributed by atoms with E-state index >= 15 is 0 Å². The molecule has 3 aromatic rings. The number of phenols is 1. The fraction of sp³-hybridized carbons (Fsp3) is 0.0909. The van der Waals surface area contributed by atoms with Gasteiger partial charge in [0.1, 0.15) is 10.6 Å². The Morgan fingerprint density at radius 2 is 1.50 bits per heavy atom. The Hall–Kier alpha value is -3.49. The number of benzene rings is 3. The number of hydrogen-bond acceptors (Lipinski definition) is 4. The number of aliphatic imine (C=N–C) groups is 1. The van der Waals surface area contributed by atoms with Crippen molar-refractivity contribution >= 4 is 21.9 Å². The summed E-state index contributed by atoms with van der Waals surface area (Å²) < 4.78 is 32.8. The molecule has 3 aromatic carbocycles. The Morgan fingerprint density at radius 3 is 2.13 bits per heavy atom. The summed E-state index contributed by atoms with van der Waals surface area (Å²) in [6, 6.07) is 21.3. The van der Waals surface area contributed by atoms with E-state index in [1.54, 1.807) is 0 Å². The third-order valence-corrected chi connectivity index (χ3v) is 5.86. The van der Waals surface area contributed by atoms with Crippen LogP contribution in [0, 0.1) is 0 Å². The second-order valence-corrected chi connectivity index (χ2v) is 8.27. The number of urea groups is 1.